The van der Waals surface area contributed by atoms with Gasteiger partial charge in [-0.05, 0) is 24.1 Å². The van der Waals surface area contributed by atoms with Gasteiger partial charge >= 0.3 is 0 Å². The van der Waals surface area contributed by atoms with E-state index in [1.807, 2.05) is 6.92 Å². The zero-order chi connectivity index (χ0) is 12.1. The second kappa shape index (κ2) is 6.07. The molecule has 0 bridgehead atoms. The van der Waals surface area contributed by atoms with E-state index in [4.69, 9.17) is 23.2 Å². The minimum Gasteiger partial charge on any atom is -0.299 e. The molecule has 0 heterocycles. The van der Waals surface area contributed by atoms with Gasteiger partial charge in [-0.1, -0.05) is 48.3 Å². The van der Waals surface area contributed by atoms with E-state index >= 15 is 0 Å². The van der Waals surface area contributed by atoms with Gasteiger partial charge < -0.3 is 0 Å². The molecule has 0 aromatic heterocycles. The van der Waals surface area contributed by atoms with Crippen LogP contribution < -0.4 is 0 Å². The molecule has 0 fully saturated rings. The van der Waals surface area contributed by atoms with E-state index in [1.165, 1.54) is 0 Å². The predicted molar refractivity (Wildman–Crippen MR) is 69.2 cm³/mol. The van der Waals surface area contributed by atoms with Crippen molar-refractivity contribution in [2.24, 2.45) is 0 Å². The topological polar surface area (TPSA) is 17.1 Å². The maximum atomic E-state index is 11.7. The molecule has 0 amide bonds. The Morgan fingerprint density at radius 1 is 1.31 bits per heavy atom. The standard InChI is InChI=1S/C13H14Cl2O/c1-3-9(2)7-10(16)8-11-12(14)5-4-6-13(11)15/h4-6H,2-3,7-8H2,1H3. The Hall–Kier alpha value is -0.790. The SMILES string of the molecule is C=C(CC)CC(=O)Cc1c(Cl)cccc1Cl. The summed E-state index contributed by atoms with van der Waals surface area (Å²) in [5, 5.41) is 1.09. The fourth-order valence-electron chi connectivity index (χ4n) is 1.36. The Kier molecular flexibility index (Phi) is 5.04. The summed E-state index contributed by atoms with van der Waals surface area (Å²) in [5.74, 6) is 0.0989. The van der Waals surface area contributed by atoms with Gasteiger partial charge in [-0.15, -0.1) is 0 Å². The molecule has 0 N–H and O–H groups in total. The molecule has 16 heavy (non-hydrogen) atoms. The number of hydrogen-bond donors (Lipinski definition) is 0. The average Bonchev–Trinajstić information content (AvgIpc) is 2.23. The zero-order valence-corrected chi connectivity index (χ0v) is 10.7. The number of carbonyl (C=O) groups is 1. The lowest BCUT2D eigenvalue weighted by molar-refractivity contribution is -0.117. The smallest absolute Gasteiger partial charge is 0.141 e. The molecule has 0 unspecified atom stereocenters. The van der Waals surface area contributed by atoms with Crippen molar-refractivity contribution in [2.75, 3.05) is 0 Å². The number of carbonyl (C=O) groups excluding carboxylic acids is 1. The summed E-state index contributed by atoms with van der Waals surface area (Å²) in [6.45, 7) is 5.80. The largest absolute Gasteiger partial charge is 0.299 e. The molecule has 0 saturated carbocycles. The molecular formula is C13H14Cl2O. The highest BCUT2D eigenvalue weighted by molar-refractivity contribution is 6.36. The minimum absolute atomic E-state index is 0.0989. The number of Topliss-reactive ketones (excluding diaryl/α,β-unsaturated/α-hetero) is 1. The van der Waals surface area contributed by atoms with Crippen LogP contribution in [0.1, 0.15) is 25.3 Å². The molecule has 86 valence electrons. The third kappa shape index (κ3) is 3.66. The van der Waals surface area contributed by atoms with Crippen molar-refractivity contribution in [3.63, 3.8) is 0 Å². The fraction of sp³-hybridized carbons (Fsp3) is 0.308. The summed E-state index contributed by atoms with van der Waals surface area (Å²) in [6.07, 6.45) is 1.50. The first-order valence-electron chi connectivity index (χ1n) is 5.15. The van der Waals surface area contributed by atoms with Crippen LogP contribution in [0, 0.1) is 0 Å². The molecule has 0 spiro atoms. The van der Waals surface area contributed by atoms with Crippen molar-refractivity contribution in [1.82, 2.24) is 0 Å². The average molecular weight is 257 g/mol. The van der Waals surface area contributed by atoms with E-state index in [1.54, 1.807) is 18.2 Å². The van der Waals surface area contributed by atoms with Crippen LogP contribution in [0.4, 0.5) is 0 Å². The highest BCUT2D eigenvalue weighted by atomic mass is 35.5. The van der Waals surface area contributed by atoms with E-state index in [2.05, 4.69) is 6.58 Å². The lowest BCUT2D eigenvalue weighted by atomic mass is 10.0. The maximum Gasteiger partial charge on any atom is 0.141 e. The van der Waals surface area contributed by atoms with Crippen molar-refractivity contribution in [2.45, 2.75) is 26.2 Å². The van der Waals surface area contributed by atoms with E-state index in [-0.39, 0.29) is 12.2 Å². The molecule has 3 heteroatoms. The lowest BCUT2D eigenvalue weighted by Gasteiger charge is -2.06. The van der Waals surface area contributed by atoms with Crippen LogP contribution in [0.5, 0.6) is 0 Å². The Labute approximate surface area is 106 Å². The number of rotatable bonds is 5. The van der Waals surface area contributed by atoms with Crippen molar-refractivity contribution in [3.05, 3.63) is 46.0 Å². The van der Waals surface area contributed by atoms with Crippen LogP contribution in [0.25, 0.3) is 0 Å². The molecule has 0 radical (unpaired) electrons. The second-order valence-corrected chi connectivity index (χ2v) is 4.51. The Balaban J connectivity index is 2.73. The van der Waals surface area contributed by atoms with Gasteiger partial charge in [-0.25, -0.2) is 0 Å². The summed E-state index contributed by atoms with van der Waals surface area (Å²) in [7, 11) is 0. The number of allylic oxidation sites excluding steroid dienone is 1. The van der Waals surface area contributed by atoms with Crippen LogP contribution in [0.3, 0.4) is 0 Å². The van der Waals surface area contributed by atoms with E-state index in [0.717, 1.165) is 12.0 Å². The van der Waals surface area contributed by atoms with E-state index < -0.39 is 0 Å². The van der Waals surface area contributed by atoms with Crippen LogP contribution in [0.15, 0.2) is 30.4 Å². The molecule has 0 aliphatic carbocycles. The summed E-state index contributed by atoms with van der Waals surface area (Å²) in [4.78, 5) is 11.7. The quantitative estimate of drug-likeness (QED) is 0.711. The molecule has 1 rings (SSSR count). The Morgan fingerprint density at radius 3 is 2.38 bits per heavy atom. The van der Waals surface area contributed by atoms with E-state index in [0.29, 0.717) is 22.0 Å². The van der Waals surface area contributed by atoms with Crippen molar-refractivity contribution in [1.29, 1.82) is 0 Å². The first-order chi connectivity index (χ1) is 7.54. The molecule has 0 aliphatic rings. The molecule has 0 atom stereocenters. The molecule has 1 aromatic carbocycles. The summed E-state index contributed by atoms with van der Waals surface area (Å²) < 4.78 is 0. The molecule has 1 nitrogen and oxygen atoms in total. The molecule has 0 aliphatic heterocycles. The second-order valence-electron chi connectivity index (χ2n) is 3.70. The number of halogens is 2. The van der Waals surface area contributed by atoms with Gasteiger partial charge in [0, 0.05) is 22.9 Å². The fourth-order valence-corrected chi connectivity index (χ4v) is 1.90. The van der Waals surface area contributed by atoms with Gasteiger partial charge in [0.1, 0.15) is 5.78 Å². The summed E-state index contributed by atoms with van der Waals surface area (Å²) in [6, 6.07) is 5.25. The van der Waals surface area contributed by atoms with Crippen LogP contribution in [0.2, 0.25) is 10.0 Å². The highest BCUT2D eigenvalue weighted by Gasteiger charge is 2.11. The molecular weight excluding hydrogens is 243 g/mol. The third-order valence-corrected chi connectivity index (χ3v) is 3.09. The minimum atomic E-state index is 0.0989. The molecule has 1 aromatic rings. The highest BCUT2D eigenvalue weighted by Crippen LogP contribution is 2.25. The monoisotopic (exact) mass is 256 g/mol. The lowest BCUT2D eigenvalue weighted by Crippen LogP contribution is -2.04. The van der Waals surface area contributed by atoms with E-state index in [9.17, 15) is 4.79 Å². The normalized spacial score (nSPS) is 10.2. The maximum absolute atomic E-state index is 11.7. The van der Waals surface area contributed by atoms with Gasteiger partial charge in [0.15, 0.2) is 0 Å². The first kappa shape index (κ1) is 13.3. The van der Waals surface area contributed by atoms with Gasteiger partial charge in [-0.3, -0.25) is 4.79 Å². The first-order valence-corrected chi connectivity index (χ1v) is 5.91. The van der Waals surface area contributed by atoms with Gasteiger partial charge in [-0.2, -0.15) is 0 Å². The van der Waals surface area contributed by atoms with Gasteiger partial charge in [0.25, 0.3) is 0 Å². The van der Waals surface area contributed by atoms with Crippen molar-refractivity contribution in [3.8, 4) is 0 Å². The zero-order valence-electron chi connectivity index (χ0n) is 9.22. The Bertz CT molecular complexity index is 390. The summed E-state index contributed by atoms with van der Waals surface area (Å²) >= 11 is 12.0. The van der Waals surface area contributed by atoms with Crippen LogP contribution in [-0.2, 0) is 11.2 Å². The number of ketones is 1. The predicted octanol–water partition coefficient (Wildman–Crippen LogP) is 4.46. The summed E-state index contributed by atoms with van der Waals surface area (Å²) in [5.41, 5.74) is 1.65. The van der Waals surface area contributed by atoms with Crippen LogP contribution >= 0.6 is 23.2 Å². The number of hydrogen-bond acceptors (Lipinski definition) is 1. The van der Waals surface area contributed by atoms with Crippen molar-refractivity contribution >= 4 is 29.0 Å². The van der Waals surface area contributed by atoms with Gasteiger partial charge in [0.05, 0.1) is 0 Å². The molecule has 0 saturated heterocycles. The van der Waals surface area contributed by atoms with Gasteiger partial charge in [0.2, 0.25) is 0 Å². The number of benzene rings is 1. The Morgan fingerprint density at radius 2 is 1.88 bits per heavy atom. The van der Waals surface area contributed by atoms with Crippen LogP contribution in [-0.4, -0.2) is 5.78 Å². The van der Waals surface area contributed by atoms with Crippen molar-refractivity contribution < 1.29 is 4.79 Å². The third-order valence-electron chi connectivity index (χ3n) is 2.38.